The second-order valence-electron chi connectivity index (χ2n) is 2.23. The molecule has 0 aliphatic carbocycles. The molecule has 0 atom stereocenters. The van der Waals surface area contributed by atoms with Gasteiger partial charge in [-0.3, -0.25) is 10.1 Å². The first kappa shape index (κ1) is 6.78. The summed E-state index contributed by atoms with van der Waals surface area (Å²) in [6.45, 7) is 0. The van der Waals surface area contributed by atoms with E-state index in [-0.39, 0.29) is 5.69 Å². The molecular weight excluding hydrogens is 160 g/mol. The highest BCUT2D eigenvalue weighted by molar-refractivity contribution is 5.82. The Kier molecular flexibility index (Phi) is 1.30. The quantitative estimate of drug-likeness (QED) is 0.475. The third-order valence-electron chi connectivity index (χ3n) is 1.54. The van der Waals surface area contributed by atoms with E-state index < -0.39 is 4.92 Å². The van der Waals surface area contributed by atoms with Crippen molar-refractivity contribution in [3.05, 3.63) is 34.7 Å². The van der Waals surface area contributed by atoms with Gasteiger partial charge in [-0.2, -0.15) is 0 Å². The van der Waals surface area contributed by atoms with Crippen LogP contribution in [-0.2, 0) is 0 Å². The standard InChI is InChI=1S/C7H4N2O3/c10-9(11)5-2-1-3-6-7(5)8-4-12-6/h1-4H. The zero-order valence-electron chi connectivity index (χ0n) is 5.93. The van der Waals surface area contributed by atoms with E-state index in [2.05, 4.69) is 4.98 Å². The molecular formula is C7H4N2O3. The minimum atomic E-state index is -0.481. The molecule has 1 heterocycles. The largest absolute Gasteiger partial charge is 0.443 e. The summed E-state index contributed by atoms with van der Waals surface area (Å²) < 4.78 is 4.89. The zero-order valence-corrected chi connectivity index (χ0v) is 5.93. The predicted molar refractivity (Wildman–Crippen MR) is 40.7 cm³/mol. The van der Waals surface area contributed by atoms with Crippen LogP contribution in [0.1, 0.15) is 0 Å². The minimum Gasteiger partial charge on any atom is -0.443 e. The monoisotopic (exact) mass is 164 g/mol. The van der Waals surface area contributed by atoms with Crippen LogP contribution in [0.4, 0.5) is 5.69 Å². The molecule has 0 saturated carbocycles. The zero-order chi connectivity index (χ0) is 8.55. The van der Waals surface area contributed by atoms with Crippen LogP contribution in [0.2, 0.25) is 0 Å². The predicted octanol–water partition coefficient (Wildman–Crippen LogP) is 1.74. The third kappa shape index (κ3) is 0.833. The molecule has 0 radical (unpaired) electrons. The number of para-hydroxylation sites is 1. The van der Waals surface area contributed by atoms with Gasteiger partial charge in [0.25, 0.3) is 5.69 Å². The molecule has 0 N–H and O–H groups in total. The molecule has 0 aliphatic heterocycles. The fourth-order valence-electron chi connectivity index (χ4n) is 1.02. The second-order valence-corrected chi connectivity index (χ2v) is 2.23. The molecule has 0 fully saturated rings. The lowest BCUT2D eigenvalue weighted by Gasteiger charge is -1.89. The van der Waals surface area contributed by atoms with E-state index in [4.69, 9.17) is 4.42 Å². The van der Waals surface area contributed by atoms with E-state index in [1.165, 1.54) is 12.5 Å². The van der Waals surface area contributed by atoms with Crippen LogP contribution in [0.5, 0.6) is 0 Å². The number of nitro groups is 1. The third-order valence-corrected chi connectivity index (χ3v) is 1.54. The number of rotatable bonds is 1. The summed E-state index contributed by atoms with van der Waals surface area (Å²) in [6, 6.07) is 4.59. The number of nitrogens with zero attached hydrogens (tertiary/aromatic N) is 2. The van der Waals surface area contributed by atoms with E-state index in [9.17, 15) is 10.1 Å². The first-order chi connectivity index (χ1) is 5.79. The molecule has 0 aliphatic rings. The smallest absolute Gasteiger partial charge is 0.298 e. The van der Waals surface area contributed by atoms with Gasteiger partial charge in [0.2, 0.25) is 0 Å². The van der Waals surface area contributed by atoms with Gasteiger partial charge in [0.05, 0.1) is 4.92 Å². The van der Waals surface area contributed by atoms with Crippen LogP contribution in [0.25, 0.3) is 11.1 Å². The van der Waals surface area contributed by atoms with Gasteiger partial charge in [-0.1, -0.05) is 6.07 Å². The Labute approximate surface area is 66.8 Å². The van der Waals surface area contributed by atoms with E-state index in [1.807, 2.05) is 0 Å². The molecule has 0 saturated heterocycles. The number of benzene rings is 1. The fourth-order valence-corrected chi connectivity index (χ4v) is 1.02. The average Bonchev–Trinajstić information content (AvgIpc) is 2.49. The van der Waals surface area contributed by atoms with Gasteiger partial charge >= 0.3 is 0 Å². The van der Waals surface area contributed by atoms with Gasteiger partial charge in [0.15, 0.2) is 17.5 Å². The number of oxazole rings is 1. The fraction of sp³-hybridized carbons (Fsp3) is 0. The lowest BCUT2D eigenvalue weighted by Crippen LogP contribution is -1.88. The number of non-ortho nitro benzene ring substituents is 1. The number of nitro benzene ring substituents is 1. The maximum Gasteiger partial charge on any atom is 0.298 e. The SMILES string of the molecule is O=[N+]([O-])c1cccc2ocnc12. The Morgan fingerprint density at radius 3 is 3.08 bits per heavy atom. The van der Waals surface area contributed by atoms with Crippen molar-refractivity contribution >= 4 is 16.8 Å². The number of fused-ring (bicyclic) bond motifs is 1. The molecule has 0 bridgehead atoms. The summed E-state index contributed by atoms with van der Waals surface area (Å²) >= 11 is 0. The van der Waals surface area contributed by atoms with Gasteiger partial charge in [-0.05, 0) is 6.07 Å². The molecule has 1 aromatic heterocycles. The molecule has 0 amide bonds. The van der Waals surface area contributed by atoms with Crippen molar-refractivity contribution in [1.82, 2.24) is 4.98 Å². The summed E-state index contributed by atoms with van der Waals surface area (Å²) in [7, 11) is 0. The Morgan fingerprint density at radius 2 is 2.33 bits per heavy atom. The van der Waals surface area contributed by atoms with Gasteiger partial charge in [0, 0.05) is 6.07 Å². The summed E-state index contributed by atoms with van der Waals surface area (Å²) in [6.07, 6.45) is 1.19. The molecule has 2 aromatic rings. The molecule has 2 rings (SSSR count). The van der Waals surface area contributed by atoms with Crippen LogP contribution in [-0.4, -0.2) is 9.91 Å². The van der Waals surface area contributed by atoms with E-state index in [1.54, 1.807) is 12.1 Å². The molecule has 5 nitrogen and oxygen atoms in total. The van der Waals surface area contributed by atoms with Gasteiger partial charge < -0.3 is 4.42 Å². The van der Waals surface area contributed by atoms with E-state index in [0.717, 1.165) is 0 Å². The van der Waals surface area contributed by atoms with Crippen molar-refractivity contribution in [3.63, 3.8) is 0 Å². The average molecular weight is 164 g/mol. The lowest BCUT2D eigenvalue weighted by molar-refractivity contribution is -0.383. The van der Waals surface area contributed by atoms with Crippen molar-refractivity contribution in [1.29, 1.82) is 0 Å². The summed E-state index contributed by atoms with van der Waals surface area (Å²) in [5, 5.41) is 10.4. The van der Waals surface area contributed by atoms with Crippen molar-refractivity contribution in [2.24, 2.45) is 0 Å². The van der Waals surface area contributed by atoms with Crippen molar-refractivity contribution < 1.29 is 9.34 Å². The Hall–Kier alpha value is -1.91. The van der Waals surface area contributed by atoms with Crippen LogP contribution >= 0.6 is 0 Å². The highest BCUT2D eigenvalue weighted by Gasteiger charge is 2.13. The number of hydrogen-bond acceptors (Lipinski definition) is 4. The molecule has 0 unspecified atom stereocenters. The maximum atomic E-state index is 10.4. The molecule has 12 heavy (non-hydrogen) atoms. The van der Waals surface area contributed by atoms with Crippen LogP contribution in [0.15, 0.2) is 29.0 Å². The summed E-state index contributed by atoms with van der Waals surface area (Å²) in [5.41, 5.74) is 0.702. The lowest BCUT2D eigenvalue weighted by atomic mass is 10.3. The van der Waals surface area contributed by atoms with E-state index in [0.29, 0.717) is 11.1 Å². The Morgan fingerprint density at radius 1 is 1.50 bits per heavy atom. The van der Waals surface area contributed by atoms with E-state index >= 15 is 0 Å². The van der Waals surface area contributed by atoms with Gasteiger partial charge in [-0.15, -0.1) is 0 Å². The minimum absolute atomic E-state index is 0.0266. The van der Waals surface area contributed by atoms with Crippen LogP contribution in [0.3, 0.4) is 0 Å². The Balaban J connectivity index is 2.82. The first-order valence-electron chi connectivity index (χ1n) is 3.25. The maximum absolute atomic E-state index is 10.4. The highest BCUT2D eigenvalue weighted by atomic mass is 16.6. The number of aromatic nitrogens is 1. The molecule has 1 aromatic carbocycles. The second kappa shape index (κ2) is 2.30. The normalized spacial score (nSPS) is 10.3. The van der Waals surface area contributed by atoms with Crippen molar-refractivity contribution in [3.8, 4) is 0 Å². The first-order valence-corrected chi connectivity index (χ1v) is 3.25. The molecule has 5 heteroatoms. The van der Waals surface area contributed by atoms with Crippen molar-refractivity contribution in [2.75, 3.05) is 0 Å². The summed E-state index contributed by atoms with van der Waals surface area (Å²) in [4.78, 5) is 13.7. The number of hydrogen-bond donors (Lipinski definition) is 0. The summed E-state index contributed by atoms with van der Waals surface area (Å²) in [5.74, 6) is 0. The van der Waals surface area contributed by atoms with Crippen molar-refractivity contribution in [2.45, 2.75) is 0 Å². The topological polar surface area (TPSA) is 69.2 Å². The van der Waals surface area contributed by atoms with Crippen LogP contribution < -0.4 is 0 Å². The van der Waals surface area contributed by atoms with Crippen LogP contribution in [0, 0.1) is 10.1 Å². The highest BCUT2D eigenvalue weighted by Crippen LogP contribution is 2.22. The van der Waals surface area contributed by atoms with Gasteiger partial charge in [0.1, 0.15) is 0 Å². The Bertz CT molecular complexity index is 435. The van der Waals surface area contributed by atoms with Gasteiger partial charge in [-0.25, -0.2) is 4.98 Å². The molecule has 0 spiro atoms. The molecule has 60 valence electrons.